The molecule has 146 valence electrons. The molecule has 0 spiro atoms. The van der Waals surface area contributed by atoms with E-state index in [1.807, 2.05) is 37.3 Å². The summed E-state index contributed by atoms with van der Waals surface area (Å²) in [6, 6.07) is 8.57. The Labute approximate surface area is 166 Å². The fourth-order valence-corrected chi connectivity index (χ4v) is 3.22. The van der Waals surface area contributed by atoms with Crippen molar-refractivity contribution in [3.8, 4) is 0 Å². The Bertz CT molecular complexity index is 969. The molecule has 0 fully saturated rings. The molecule has 10 heteroatoms. The van der Waals surface area contributed by atoms with Crippen LogP contribution in [-0.4, -0.2) is 48.8 Å². The molecule has 0 aliphatic heterocycles. The third-order valence-electron chi connectivity index (χ3n) is 4.32. The molecule has 0 aliphatic carbocycles. The lowest BCUT2D eigenvalue weighted by atomic mass is 10.1. The van der Waals surface area contributed by atoms with Crippen LogP contribution < -0.4 is 5.32 Å². The second kappa shape index (κ2) is 8.70. The van der Waals surface area contributed by atoms with Crippen LogP contribution in [0.5, 0.6) is 0 Å². The van der Waals surface area contributed by atoms with E-state index >= 15 is 0 Å². The molecule has 1 N–H and O–H groups in total. The van der Waals surface area contributed by atoms with Crippen LogP contribution in [0.15, 0.2) is 30.3 Å². The Hall–Kier alpha value is -3.14. The number of hydrogen-bond donors (Lipinski definition) is 1. The summed E-state index contributed by atoms with van der Waals surface area (Å²) in [7, 11) is 1.29. The van der Waals surface area contributed by atoms with Crippen LogP contribution in [0.25, 0.3) is 0 Å². The number of ether oxygens (including phenoxy) is 1. The number of rotatable bonds is 7. The van der Waals surface area contributed by atoms with Crippen molar-refractivity contribution in [3.63, 3.8) is 0 Å². The highest BCUT2D eigenvalue weighted by Crippen LogP contribution is 2.11. The van der Waals surface area contributed by atoms with Crippen LogP contribution in [0, 0.1) is 13.8 Å². The van der Waals surface area contributed by atoms with Crippen molar-refractivity contribution in [3.05, 3.63) is 58.7 Å². The first kappa shape index (κ1) is 19.6. The van der Waals surface area contributed by atoms with Crippen LogP contribution >= 0.6 is 11.7 Å². The second-order valence-corrected chi connectivity index (χ2v) is 6.74. The summed E-state index contributed by atoms with van der Waals surface area (Å²) in [4.78, 5) is 24.8. The van der Waals surface area contributed by atoms with Crippen molar-refractivity contribution >= 4 is 23.6 Å². The van der Waals surface area contributed by atoms with Gasteiger partial charge in [-0.1, -0.05) is 35.5 Å². The molecule has 1 aromatic carbocycles. The number of aryl methyl sites for hydroxylation is 1. The molecule has 0 bridgehead atoms. The molecule has 1 unspecified atom stereocenters. The van der Waals surface area contributed by atoms with E-state index in [0.717, 1.165) is 28.7 Å². The molecule has 2 aromatic heterocycles. The highest BCUT2D eigenvalue weighted by molar-refractivity contribution is 6.99. The van der Waals surface area contributed by atoms with Crippen molar-refractivity contribution in [2.45, 2.75) is 32.9 Å². The summed E-state index contributed by atoms with van der Waals surface area (Å²) < 4.78 is 14.8. The van der Waals surface area contributed by atoms with Gasteiger partial charge in [0.05, 0.1) is 42.5 Å². The Kier molecular flexibility index (Phi) is 6.09. The molecule has 1 atom stereocenters. The number of benzene rings is 1. The Morgan fingerprint density at radius 2 is 1.96 bits per heavy atom. The lowest BCUT2D eigenvalue weighted by molar-refractivity contribution is -0.142. The number of amides is 1. The van der Waals surface area contributed by atoms with Gasteiger partial charge in [-0.3, -0.25) is 4.79 Å². The van der Waals surface area contributed by atoms with Crippen LogP contribution in [0.1, 0.15) is 33.1 Å². The Morgan fingerprint density at radius 1 is 1.21 bits per heavy atom. The zero-order chi connectivity index (χ0) is 20.1. The van der Waals surface area contributed by atoms with Crippen molar-refractivity contribution in [2.75, 3.05) is 7.11 Å². The van der Waals surface area contributed by atoms with Gasteiger partial charge in [0.15, 0.2) is 5.69 Å². The van der Waals surface area contributed by atoms with Gasteiger partial charge in [-0.05, 0) is 19.4 Å². The minimum atomic E-state index is -0.825. The van der Waals surface area contributed by atoms with Crippen LogP contribution in [-0.2, 0) is 22.5 Å². The van der Waals surface area contributed by atoms with Gasteiger partial charge < -0.3 is 10.1 Å². The molecule has 9 nitrogen and oxygen atoms in total. The Morgan fingerprint density at radius 3 is 2.61 bits per heavy atom. The third kappa shape index (κ3) is 4.39. The summed E-state index contributed by atoms with van der Waals surface area (Å²) >= 11 is 1.13. The largest absolute Gasteiger partial charge is 0.467 e. The first-order chi connectivity index (χ1) is 13.5. The first-order valence-corrected chi connectivity index (χ1v) is 9.33. The van der Waals surface area contributed by atoms with Gasteiger partial charge in [-0.25, -0.2) is 9.48 Å². The highest BCUT2D eigenvalue weighted by atomic mass is 32.1. The third-order valence-corrected chi connectivity index (χ3v) is 4.97. The van der Waals surface area contributed by atoms with Crippen LogP contribution in [0.2, 0.25) is 0 Å². The number of nitrogens with one attached hydrogen (secondary N) is 1. The fraction of sp³-hybridized carbons (Fsp3) is 0.333. The normalized spacial score (nSPS) is 11.8. The van der Waals surface area contributed by atoms with Crippen molar-refractivity contribution in [2.24, 2.45) is 0 Å². The fourth-order valence-electron chi connectivity index (χ4n) is 2.67. The first-order valence-electron chi connectivity index (χ1n) is 8.60. The van der Waals surface area contributed by atoms with E-state index in [9.17, 15) is 9.59 Å². The summed E-state index contributed by atoms with van der Waals surface area (Å²) in [6.07, 6.45) is 0.316. The number of carbonyl (C=O) groups excluding carboxylic acids is 2. The summed E-state index contributed by atoms with van der Waals surface area (Å²) in [5.74, 6) is -1.00. The maximum absolute atomic E-state index is 12.7. The predicted molar refractivity (Wildman–Crippen MR) is 102 cm³/mol. The average Bonchev–Trinajstić information content (AvgIpc) is 3.27. The number of nitrogens with zero attached hydrogens (tertiary/aromatic N) is 5. The SMILES string of the molecule is COC(=O)C(Cc1ccccc1)NC(=O)c1nnn(Cc2nsnc2C)c1C. The number of carbonyl (C=O) groups is 2. The summed E-state index contributed by atoms with van der Waals surface area (Å²) in [5, 5.41) is 10.7. The topological polar surface area (TPSA) is 112 Å². The number of methoxy groups -OCH3 is 1. The molecule has 28 heavy (non-hydrogen) atoms. The lowest BCUT2D eigenvalue weighted by Gasteiger charge is -2.16. The molecule has 0 saturated carbocycles. The van der Waals surface area contributed by atoms with Crippen LogP contribution in [0.4, 0.5) is 0 Å². The van der Waals surface area contributed by atoms with E-state index in [1.165, 1.54) is 7.11 Å². The van der Waals surface area contributed by atoms with Crippen molar-refractivity contribution < 1.29 is 14.3 Å². The molecule has 0 saturated heterocycles. The van der Waals surface area contributed by atoms with E-state index in [-0.39, 0.29) is 5.69 Å². The maximum Gasteiger partial charge on any atom is 0.328 e. The smallest absolute Gasteiger partial charge is 0.328 e. The molecular formula is C18H20N6O3S. The monoisotopic (exact) mass is 400 g/mol. The van der Waals surface area contributed by atoms with Gasteiger partial charge in [0.25, 0.3) is 5.91 Å². The van der Waals surface area contributed by atoms with E-state index < -0.39 is 17.9 Å². The van der Waals surface area contributed by atoms with Gasteiger partial charge in [0.1, 0.15) is 6.04 Å². The molecule has 3 aromatic rings. The van der Waals surface area contributed by atoms with E-state index in [0.29, 0.717) is 18.7 Å². The molecule has 2 heterocycles. The highest BCUT2D eigenvalue weighted by Gasteiger charge is 2.25. The second-order valence-electron chi connectivity index (χ2n) is 6.22. The Balaban J connectivity index is 1.75. The molecule has 0 radical (unpaired) electrons. The molecular weight excluding hydrogens is 380 g/mol. The van der Waals surface area contributed by atoms with Gasteiger partial charge in [0.2, 0.25) is 0 Å². The zero-order valence-electron chi connectivity index (χ0n) is 15.7. The van der Waals surface area contributed by atoms with E-state index in [1.54, 1.807) is 11.6 Å². The standard InChI is InChI=1S/C18H20N6O3S/c1-11-15(22-28-21-11)10-24-12(2)16(20-23-24)17(25)19-14(18(26)27-3)9-13-7-5-4-6-8-13/h4-8,14H,9-10H2,1-3H3,(H,19,25). The predicted octanol–water partition coefficient (Wildman–Crippen LogP) is 1.31. The molecule has 3 rings (SSSR count). The lowest BCUT2D eigenvalue weighted by Crippen LogP contribution is -2.43. The minimum Gasteiger partial charge on any atom is -0.467 e. The quantitative estimate of drug-likeness (QED) is 0.595. The maximum atomic E-state index is 12.7. The van der Waals surface area contributed by atoms with Crippen molar-refractivity contribution in [1.29, 1.82) is 0 Å². The molecule has 1 amide bonds. The minimum absolute atomic E-state index is 0.155. The summed E-state index contributed by atoms with van der Waals surface area (Å²) in [6.45, 7) is 3.98. The van der Waals surface area contributed by atoms with Gasteiger partial charge in [-0.2, -0.15) is 8.75 Å². The number of esters is 1. The average molecular weight is 400 g/mol. The number of aromatic nitrogens is 5. The van der Waals surface area contributed by atoms with E-state index in [4.69, 9.17) is 4.74 Å². The van der Waals surface area contributed by atoms with Crippen LogP contribution in [0.3, 0.4) is 0 Å². The van der Waals surface area contributed by atoms with Gasteiger partial charge in [-0.15, -0.1) is 5.10 Å². The summed E-state index contributed by atoms with van der Waals surface area (Å²) in [5.41, 5.74) is 3.24. The van der Waals surface area contributed by atoms with Gasteiger partial charge in [0, 0.05) is 6.42 Å². The zero-order valence-corrected chi connectivity index (χ0v) is 16.6. The van der Waals surface area contributed by atoms with Gasteiger partial charge >= 0.3 is 5.97 Å². The van der Waals surface area contributed by atoms with E-state index in [2.05, 4.69) is 24.4 Å². The molecule has 0 aliphatic rings. The van der Waals surface area contributed by atoms with Crippen molar-refractivity contribution in [1.82, 2.24) is 29.1 Å². The number of hydrogen-bond acceptors (Lipinski definition) is 8.